The van der Waals surface area contributed by atoms with Gasteiger partial charge in [0.1, 0.15) is 5.75 Å². The number of piperidine rings is 1. The van der Waals surface area contributed by atoms with Crippen molar-refractivity contribution < 1.29 is 27.4 Å². The van der Waals surface area contributed by atoms with Crippen LogP contribution in [0, 0.1) is 0 Å². The zero-order chi connectivity index (χ0) is 24.2. The summed E-state index contributed by atoms with van der Waals surface area (Å²) >= 11 is 0. The van der Waals surface area contributed by atoms with Crippen molar-refractivity contribution in [1.29, 1.82) is 0 Å². The van der Waals surface area contributed by atoms with E-state index < -0.39 is 17.2 Å². The Labute approximate surface area is 198 Å². The fourth-order valence-corrected chi connectivity index (χ4v) is 4.99. The summed E-state index contributed by atoms with van der Waals surface area (Å²) in [6, 6.07) is 13.1. The molecule has 2 aromatic rings. The van der Waals surface area contributed by atoms with Crippen LogP contribution in [-0.2, 0) is 27.7 Å². The van der Waals surface area contributed by atoms with Crippen molar-refractivity contribution in [2.75, 3.05) is 33.4 Å². The number of methoxy groups -OCH3 is 1. The number of nitrogens with one attached hydrogen (secondary N) is 1. The lowest BCUT2D eigenvalue weighted by Gasteiger charge is -2.39. The molecule has 1 amide bonds. The average molecular weight is 477 g/mol. The molecule has 34 heavy (non-hydrogen) atoms. The minimum absolute atomic E-state index is 0.00747. The highest BCUT2D eigenvalue weighted by atomic mass is 19.4. The van der Waals surface area contributed by atoms with Crippen LogP contribution in [-0.4, -0.2) is 50.3 Å². The standard InChI is InChI=1S/C26H31F3N2O3/c1-33-23-8-3-2-5-19(23)18-31-13-9-22(10-14-31)30-24(32)25(11-15-34-16-12-25)20-6-4-7-21(17-20)26(27,28)29/h2-8,17,22H,9-16,18H2,1H3,(H,30,32). The third-order valence-corrected chi connectivity index (χ3v) is 7.03. The lowest BCUT2D eigenvalue weighted by atomic mass is 9.72. The summed E-state index contributed by atoms with van der Waals surface area (Å²) in [5.74, 6) is 0.666. The number of likely N-dealkylation sites (tertiary alicyclic amines) is 1. The predicted octanol–water partition coefficient (Wildman–Crippen LogP) is 4.54. The summed E-state index contributed by atoms with van der Waals surface area (Å²) in [4.78, 5) is 15.9. The van der Waals surface area contributed by atoms with E-state index in [2.05, 4.69) is 16.3 Å². The number of amides is 1. The first-order valence-corrected chi connectivity index (χ1v) is 11.7. The molecule has 0 aliphatic carbocycles. The summed E-state index contributed by atoms with van der Waals surface area (Å²) < 4.78 is 50.9. The smallest absolute Gasteiger partial charge is 0.416 e. The zero-order valence-electron chi connectivity index (χ0n) is 19.4. The van der Waals surface area contributed by atoms with Gasteiger partial charge in [0.2, 0.25) is 5.91 Å². The van der Waals surface area contributed by atoms with Crippen LogP contribution in [0.1, 0.15) is 42.4 Å². The van der Waals surface area contributed by atoms with Crippen molar-refractivity contribution in [2.45, 2.75) is 49.9 Å². The molecule has 2 aliphatic heterocycles. The number of halogens is 3. The number of nitrogens with zero attached hydrogens (tertiary/aromatic N) is 1. The van der Waals surface area contributed by atoms with E-state index in [1.165, 1.54) is 6.07 Å². The van der Waals surface area contributed by atoms with Crippen molar-refractivity contribution in [2.24, 2.45) is 0 Å². The number of rotatable bonds is 6. The van der Waals surface area contributed by atoms with E-state index in [-0.39, 0.29) is 11.9 Å². The van der Waals surface area contributed by atoms with E-state index in [1.54, 1.807) is 13.2 Å². The van der Waals surface area contributed by atoms with Crippen molar-refractivity contribution in [3.63, 3.8) is 0 Å². The monoisotopic (exact) mass is 476 g/mol. The Morgan fingerprint density at radius 2 is 1.82 bits per heavy atom. The van der Waals surface area contributed by atoms with Crippen LogP contribution in [0.3, 0.4) is 0 Å². The fraction of sp³-hybridized carbons (Fsp3) is 0.500. The molecule has 0 saturated carbocycles. The van der Waals surface area contributed by atoms with Gasteiger partial charge in [0.15, 0.2) is 0 Å². The first-order valence-electron chi connectivity index (χ1n) is 11.7. The van der Waals surface area contributed by atoms with Gasteiger partial charge in [-0.25, -0.2) is 0 Å². The minimum atomic E-state index is -4.45. The Morgan fingerprint density at radius 3 is 2.50 bits per heavy atom. The van der Waals surface area contributed by atoms with Crippen LogP contribution in [0.2, 0.25) is 0 Å². The lowest BCUT2D eigenvalue weighted by molar-refractivity contribution is -0.138. The van der Waals surface area contributed by atoms with E-state index in [0.29, 0.717) is 31.6 Å². The number of benzene rings is 2. The van der Waals surface area contributed by atoms with Gasteiger partial charge in [-0.05, 0) is 43.4 Å². The third kappa shape index (κ3) is 5.39. The molecule has 1 N–H and O–H groups in total. The predicted molar refractivity (Wildman–Crippen MR) is 123 cm³/mol. The Bertz CT molecular complexity index is 981. The molecule has 2 aliphatic rings. The van der Waals surface area contributed by atoms with Gasteiger partial charge >= 0.3 is 6.18 Å². The van der Waals surface area contributed by atoms with Gasteiger partial charge in [-0.3, -0.25) is 9.69 Å². The lowest BCUT2D eigenvalue weighted by Crippen LogP contribution is -2.53. The largest absolute Gasteiger partial charge is 0.496 e. The number of ether oxygens (including phenoxy) is 2. The third-order valence-electron chi connectivity index (χ3n) is 7.03. The van der Waals surface area contributed by atoms with Gasteiger partial charge in [0, 0.05) is 44.5 Å². The number of carbonyl (C=O) groups is 1. The van der Waals surface area contributed by atoms with E-state index in [0.717, 1.165) is 55.9 Å². The van der Waals surface area contributed by atoms with Gasteiger partial charge in [-0.2, -0.15) is 13.2 Å². The molecule has 0 radical (unpaired) electrons. The molecule has 5 nitrogen and oxygen atoms in total. The molecule has 2 heterocycles. The van der Waals surface area contributed by atoms with Crippen molar-refractivity contribution in [3.05, 3.63) is 65.2 Å². The summed E-state index contributed by atoms with van der Waals surface area (Å²) in [5, 5.41) is 3.17. The maximum atomic E-state index is 13.5. The van der Waals surface area contributed by atoms with E-state index in [9.17, 15) is 18.0 Å². The van der Waals surface area contributed by atoms with Crippen LogP contribution in [0.25, 0.3) is 0 Å². The first kappa shape index (κ1) is 24.5. The second-order valence-corrected chi connectivity index (χ2v) is 9.11. The molecule has 0 unspecified atom stereocenters. The number of carbonyl (C=O) groups excluding carboxylic acids is 1. The molecule has 4 rings (SSSR count). The van der Waals surface area contributed by atoms with Crippen LogP contribution in [0.4, 0.5) is 13.2 Å². The minimum Gasteiger partial charge on any atom is -0.496 e. The zero-order valence-corrected chi connectivity index (χ0v) is 19.4. The van der Waals surface area contributed by atoms with Crippen molar-refractivity contribution >= 4 is 5.91 Å². The van der Waals surface area contributed by atoms with Crippen LogP contribution >= 0.6 is 0 Å². The van der Waals surface area contributed by atoms with E-state index in [1.807, 2.05) is 18.2 Å². The van der Waals surface area contributed by atoms with Gasteiger partial charge < -0.3 is 14.8 Å². The number of hydrogen-bond donors (Lipinski definition) is 1. The normalized spacial score (nSPS) is 19.5. The molecule has 8 heteroatoms. The number of alkyl halides is 3. The fourth-order valence-electron chi connectivity index (χ4n) is 4.99. The van der Waals surface area contributed by atoms with Crippen molar-refractivity contribution in [3.8, 4) is 5.75 Å². The Balaban J connectivity index is 1.42. The Kier molecular flexibility index (Phi) is 7.48. The quantitative estimate of drug-likeness (QED) is 0.665. The van der Waals surface area contributed by atoms with Crippen LogP contribution in [0.5, 0.6) is 5.75 Å². The Hall–Kier alpha value is -2.58. The highest BCUT2D eigenvalue weighted by Gasteiger charge is 2.43. The maximum absolute atomic E-state index is 13.5. The molecular weight excluding hydrogens is 445 g/mol. The topological polar surface area (TPSA) is 50.8 Å². The molecule has 0 atom stereocenters. The summed E-state index contributed by atoms with van der Waals surface area (Å²) in [7, 11) is 1.66. The van der Waals surface area contributed by atoms with E-state index >= 15 is 0 Å². The molecule has 0 bridgehead atoms. The molecular formula is C26H31F3N2O3. The highest BCUT2D eigenvalue weighted by Crippen LogP contribution is 2.38. The summed E-state index contributed by atoms with van der Waals surface area (Å²) in [6.07, 6.45) is -2.14. The van der Waals surface area contributed by atoms with Gasteiger partial charge in [0.05, 0.1) is 18.1 Å². The molecule has 2 saturated heterocycles. The number of para-hydroxylation sites is 1. The summed E-state index contributed by atoms with van der Waals surface area (Å²) in [5.41, 5.74) is -0.197. The molecule has 2 fully saturated rings. The van der Waals surface area contributed by atoms with E-state index in [4.69, 9.17) is 9.47 Å². The second kappa shape index (κ2) is 10.4. The first-order chi connectivity index (χ1) is 16.3. The molecule has 0 aromatic heterocycles. The Morgan fingerprint density at radius 1 is 1.12 bits per heavy atom. The maximum Gasteiger partial charge on any atom is 0.416 e. The van der Waals surface area contributed by atoms with Gasteiger partial charge in [-0.15, -0.1) is 0 Å². The van der Waals surface area contributed by atoms with Crippen molar-refractivity contribution in [1.82, 2.24) is 10.2 Å². The average Bonchev–Trinajstić information content (AvgIpc) is 2.85. The molecule has 0 spiro atoms. The van der Waals surface area contributed by atoms with Gasteiger partial charge in [-0.1, -0.05) is 36.4 Å². The van der Waals surface area contributed by atoms with Crippen LogP contribution in [0.15, 0.2) is 48.5 Å². The number of hydrogen-bond acceptors (Lipinski definition) is 4. The SMILES string of the molecule is COc1ccccc1CN1CCC(NC(=O)C2(c3cccc(C(F)(F)F)c3)CCOCC2)CC1. The highest BCUT2D eigenvalue weighted by molar-refractivity contribution is 5.88. The van der Waals surface area contributed by atoms with Crippen LogP contribution < -0.4 is 10.1 Å². The van der Waals surface area contributed by atoms with Gasteiger partial charge in [0.25, 0.3) is 0 Å². The summed E-state index contributed by atoms with van der Waals surface area (Å²) in [6.45, 7) is 3.11. The molecule has 2 aromatic carbocycles. The second-order valence-electron chi connectivity index (χ2n) is 9.11. The molecule has 184 valence electrons.